The van der Waals surface area contributed by atoms with Crippen LogP contribution >= 0.6 is 0 Å². The van der Waals surface area contributed by atoms with Gasteiger partial charge in [0, 0.05) is 6.04 Å². The van der Waals surface area contributed by atoms with Crippen LogP contribution in [0.25, 0.3) is 0 Å². The highest BCUT2D eigenvalue weighted by molar-refractivity contribution is 7.90. The first kappa shape index (κ1) is 13.0. The topological polar surface area (TPSA) is 46.2 Å². The van der Waals surface area contributed by atoms with E-state index in [4.69, 9.17) is 0 Å². The molecule has 1 fully saturated rings. The molecule has 15 heavy (non-hydrogen) atoms. The Kier molecular flexibility index (Phi) is 5.06. The minimum atomic E-state index is -3.07. The van der Waals surface area contributed by atoms with Crippen LogP contribution in [0.2, 0.25) is 0 Å². The summed E-state index contributed by atoms with van der Waals surface area (Å²) in [4.78, 5) is 0. The summed E-state index contributed by atoms with van der Waals surface area (Å²) in [7, 11) is -3.07. The lowest BCUT2D eigenvalue weighted by atomic mass is 9.96. The van der Waals surface area contributed by atoms with Crippen molar-refractivity contribution < 1.29 is 8.42 Å². The van der Waals surface area contributed by atoms with Crippen LogP contribution in [0, 0.1) is 0 Å². The van der Waals surface area contributed by atoms with Crippen molar-refractivity contribution in [2.24, 2.45) is 0 Å². The van der Waals surface area contributed by atoms with Crippen molar-refractivity contribution in [1.29, 1.82) is 0 Å². The van der Waals surface area contributed by atoms with Gasteiger partial charge in [-0.05, 0) is 26.2 Å². The lowest BCUT2D eigenvalue weighted by Crippen LogP contribution is -2.40. The van der Waals surface area contributed by atoms with Crippen LogP contribution in [0.3, 0.4) is 0 Å². The van der Waals surface area contributed by atoms with Crippen molar-refractivity contribution in [2.75, 3.05) is 0 Å². The Morgan fingerprint density at radius 1 is 1.27 bits per heavy atom. The molecule has 1 unspecified atom stereocenters. The molecule has 0 bridgehead atoms. The SMILES string of the molecule is CCCC(C)S(=O)(=O)NC1CCCCC1. The molecule has 0 saturated heterocycles. The quantitative estimate of drug-likeness (QED) is 0.792. The van der Waals surface area contributed by atoms with Crippen LogP contribution in [-0.2, 0) is 10.0 Å². The first-order valence-corrected chi connectivity index (χ1v) is 7.62. The first-order valence-electron chi connectivity index (χ1n) is 6.07. The van der Waals surface area contributed by atoms with Crippen molar-refractivity contribution in [1.82, 2.24) is 4.72 Å². The number of rotatable bonds is 5. The summed E-state index contributed by atoms with van der Waals surface area (Å²) in [6.07, 6.45) is 7.28. The van der Waals surface area contributed by atoms with Gasteiger partial charge in [-0.1, -0.05) is 32.6 Å². The molecule has 1 aliphatic rings. The highest BCUT2D eigenvalue weighted by atomic mass is 32.2. The van der Waals surface area contributed by atoms with Gasteiger partial charge in [-0.15, -0.1) is 0 Å². The Balaban J connectivity index is 2.47. The van der Waals surface area contributed by atoms with Crippen LogP contribution in [0.4, 0.5) is 0 Å². The lowest BCUT2D eigenvalue weighted by molar-refractivity contribution is 0.410. The summed E-state index contributed by atoms with van der Waals surface area (Å²) in [6, 6.07) is 0.197. The molecule has 90 valence electrons. The van der Waals surface area contributed by atoms with Gasteiger partial charge in [0.1, 0.15) is 0 Å². The van der Waals surface area contributed by atoms with Gasteiger partial charge < -0.3 is 0 Å². The molecule has 1 aliphatic carbocycles. The Morgan fingerprint density at radius 3 is 2.40 bits per heavy atom. The van der Waals surface area contributed by atoms with Crippen molar-refractivity contribution in [2.45, 2.75) is 70.1 Å². The Morgan fingerprint density at radius 2 is 1.87 bits per heavy atom. The molecular weight excluding hydrogens is 210 g/mol. The van der Waals surface area contributed by atoms with Gasteiger partial charge in [-0.3, -0.25) is 0 Å². The highest BCUT2D eigenvalue weighted by Gasteiger charge is 2.24. The monoisotopic (exact) mass is 233 g/mol. The summed E-state index contributed by atoms with van der Waals surface area (Å²) < 4.78 is 26.6. The maximum absolute atomic E-state index is 11.9. The van der Waals surface area contributed by atoms with Crippen molar-refractivity contribution in [3.8, 4) is 0 Å². The predicted octanol–water partition coefficient (Wildman–Crippen LogP) is 2.43. The molecule has 1 rings (SSSR count). The second kappa shape index (κ2) is 5.85. The van der Waals surface area contributed by atoms with E-state index in [2.05, 4.69) is 4.72 Å². The summed E-state index contributed by atoms with van der Waals surface area (Å²) in [5, 5.41) is -0.246. The maximum atomic E-state index is 11.9. The van der Waals surface area contributed by atoms with Crippen LogP contribution in [0.15, 0.2) is 0 Å². The molecule has 0 aromatic heterocycles. The molecule has 0 aliphatic heterocycles. The van der Waals surface area contributed by atoms with E-state index in [1.807, 2.05) is 6.92 Å². The summed E-state index contributed by atoms with van der Waals surface area (Å²) in [6.45, 7) is 3.82. The molecular formula is C11H23NO2S. The third-order valence-corrected chi connectivity index (χ3v) is 5.12. The van der Waals surface area contributed by atoms with Gasteiger partial charge >= 0.3 is 0 Å². The number of sulfonamides is 1. The second-order valence-electron chi connectivity index (χ2n) is 4.60. The van der Waals surface area contributed by atoms with Gasteiger partial charge in [-0.25, -0.2) is 13.1 Å². The fraction of sp³-hybridized carbons (Fsp3) is 1.00. The van der Waals surface area contributed by atoms with Gasteiger partial charge in [-0.2, -0.15) is 0 Å². The fourth-order valence-corrected chi connectivity index (χ4v) is 3.61. The molecule has 1 saturated carbocycles. The third kappa shape index (κ3) is 4.11. The summed E-state index contributed by atoms with van der Waals surface area (Å²) in [5.41, 5.74) is 0. The summed E-state index contributed by atoms with van der Waals surface area (Å²) in [5.74, 6) is 0. The Labute approximate surface area is 93.7 Å². The number of hydrogen-bond donors (Lipinski definition) is 1. The molecule has 0 aromatic rings. The second-order valence-corrected chi connectivity index (χ2v) is 6.73. The molecule has 4 heteroatoms. The van der Waals surface area contributed by atoms with E-state index in [1.165, 1.54) is 6.42 Å². The van der Waals surface area contributed by atoms with Crippen LogP contribution < -0.4 is 4.72 Å². The van der Waals surface area contributed by atoms with Gasteiger partial charge in [0.2, 0.25) is 10.0 Å². The van der Waals surface area contributed by atoms with Gasteiger partial charge in [0.25, 0.3) is 0 Å². The zero-order valence-corrected chi connectivity index (χ0v) is 10.6. The molecule has 0 aromatic carbocycles. The number of hydrogen-bond acceptors (Lipinski definition) is 2. The Hall–Kier alpha value is -0.0900. The van der Waals surface area contributed by atoms with E-state index in [9.17, 15) is 8.42 Å². The zero-order chi connectivity index (χ0) is 11.3. The van der Waals surface area contributed by atoms with E-state index in [1.54, 1.807) is 6.92 Å². The molecule has 1 N–H and O–H groups in total. The van der Waals surface area contributed by atoms with Crippen molar-refractivity contribution >= 4 is 10.0 Å². The minimum absolute atomic E-state index is 0.197. The van der Waals surface area contributed by atoms with Crippen LogP contribution in [0.1, 0.15) is 58.8 Å². The minimum Gasteiger partial charge on any atom is -0.212 e. The summed E-state index contributed by atoms with van der Waals surface area (Å²) >= 11 is 0. The maximum Gasteiger partial charge on any atom is 0.214 e. The molecule has 3 nitrogen and oxygen atoms in total. The van der Waals surface area contributed by atoms with Crippen LogP contribution in [0.5, 0.6) is 0 Å². The van der Waals surface area contributed by atoms with E-state index in [-0.39, 0.29) is 11.3 Å². The van der Waals surface area contributed by atoms with Crippen molar-refractivity contribution in [3.63, 3.8) is 0 Å². The molecule has 1 atom stereocenters. The molecule has 0 amide bonds. The standard InChI is InChI=1S/C11H23NO2S/c1-3-7-10(2)15(13,14)12-11-8-5-4-6-9-11/h10-12H,3-9H2,1-2H3. The van der Waals surface area contributed by atoms with Crippen LogP contribution in [-0.4, -0.2) is 19.7 Å². The van der Waals surface area contributed by atoms with E-state index >= 15 is 0 Å². The van der Waals surface area contributed by atoms with Gasteiger partial charge in [0.15, 0.2) is 0 Å². The average Bonchev–Trinajstić information content (AvgIpc) is 2.19. The zero-order valence-electron chi connectivity index (χ0n) is 9.83. The number of nitrogens with one attached hydrogen (secondary N) is 1. The lowest BCUT2D eigenvalue weighted by Gasteiger charge is -2.24. The third-order valence-electron chi connectivity index (χ3n) is 3.16. The largest absolute Gasteiger partial charge is 0.214 e. The predicted molar refractivity (Wildman–Crippen MR) is 63.3 cm³/mol. The first-order chi connectivity index (χ1) is 7.06. The molecule has 0 spiro atoms. The normalized spacial score (nSPS) is 21.5. The highest BCUT2D eigenvalue weighted by Crippen LogP contribution is 2.19. The Bertz CT molecular complexity index is 268. The van der Waals surface area contributed by atoms with Crippen molar-refractivity contribution in [3.05, 3.63) is 0 Å². The fourth-order valence-electron chi connectivity index (χ4n) is 2.13. The van der Waals surface area contributed by atoms with E-state index in [0.29, 0.717) is 0 Å². The molecule has 0 heterocycles. The molecule has 0 radical (unpaired) electrons. The van der Waals surface area contributed by atoms with E-state index in [0.717, 1.165) is 38.5 Å². The van der Waals surface area contributed by atoms with Gasteiger partial charge in [0.05, 0.1) is 5.25 Å². The average molecular weight is 233 g/mol. The smallest absolute Gasteiger partial charge is 0.212 e. The van der Waals surface area contributed by atoms with E-state index < -0.39 is 10.0 Å².